The van der Waals surface area contributed by atoms with Crippen molar-refractivity contribution in [3.63, 3.8) is 0 Å². The number of anilines is 2. The van der Waals surface area contributed by atoms with E-state index in [1.165, 1.54) is 29.7 Å². The molecule has 1 aliphatic rings. The van der Waals surface area contributed by atoms with Gasteiger partial charge in [0.15, 0.2) is 0 Å². The maximum absolute atomic E-state index is 13.9. The fraction of sp³-hybridized carbons (Fsp3) is 0.500. The highest BCUT2D eigenvalue weighted by molar-refractivity contribution is 7.18. The molecule has 37 heavy (non-hydrogen) atoms. The number of nitrogens with one attached hydrogen (secondary N) is 2. The first-order chi connectivity index (χ1) is 17.5. The first-order valence-electron chi connectivity index (χ1n) is 12.9. The fourth-order valence-electron chi connectivity index (χ4n) is 5.17. The molecule has 1 saturated carbocycles. The first kappa shape index (κ1) is 27.4. The van der Waals surface area contributed by atoms with E-state index >= 15 is 0 Å². The lowest BCUT2D eigenvalue weighted by atomic mass is 9.74. The molecular weight excluding hydrogens is 492 g/mol. The van der Waals surface area contributed by atoms with E-state index in [4.69, 9.17) is 5.73 Å². The van der Waals surface area contributed by atoms with Gasteiger partial charge in [-0.15, -0.1) is 10.2 Å². The van der Waals surface area contributed by atoms with Crippen LogP contribution in [0.3, 0.4) is 0 Å². The molecular formula is C28H37F2N5OS. The van der Waals surface area contributed by atoms with Crippen molar-refractivity contribution in [3.05, 3.63) is 70.8 Å². The largest absolute Gasteiger partial charge is 0.390 e. The molecule has 0 saturated heterocycles. The van der Waals surface area contributed by atoms with Crippen molar-refractivity contribution < 1.29 is 13.9 Å². The van der Waals surface area contributed by atoms with Gasteiger partial charge in [-0.3, -0.25) is 0 Å². The molecule has 2 unspecified atom stereocenters. The van der Waals surface area contributed by atoms with Crippen LogP contribution in [0, 0.1) is 11.6 Å². The molecule has 200 valence electrons. The zero-order chi connectivity index (χ0) is 26.6. The number of halogens is 2. The standard InChI is InChI=1S/C28H37F2N5OS/c1-27(2,3)19-8-7-9-20(15-19)28(10-5-4-6-11-28)32-17-24(36)23(33-26-35-34-25(31)37-26)14-18-12-21(29)16-22(30)13-18/h7-9,12-13,15-16,23-24,32,36H,4-6,10-11,14,17H2,1-3H3,(H2,31,34)(H,33,35). The number of benzene rings is 2. The topological polar surface area (TPSA) is 96.1 Å². The van der Waals surface area contributed by atoms with E-state index in [-0.39, 0.29) is 17.4 Å². The van der Waals surface area contributed by atoms with E-state index < -0.39 is 23.8 Å². The van der Waals surface area contributed by atoms with Gasteiger partial charge in [0.1, 0.15) is 11.6 Å². The predicted octanol–water partition coefficient (Wildman–Crippen LogP) is 5.53. The van der Waals surface area contributed by atoms with Crippen LogP contribution < -0.4 is 16.4 Å². The Balaban J connectivity index is 1.56. The molecule has 2 atom stereocenters. The fourth-order valence-corrected chi connectivity index (χ4v) is 5.74. The van der Waals surface area contributed by atoms with Crippen molar-refractivity contribution in [3.8, 4) is 0 Å². The Morgan fingerprint density at radius 3 is 2.38 bits per heavy atom. The van der Waals surface area contributed by atoms with Crippen LogP contribution in [0.2, 0.25) is 0 Å². The molecule has 1 aromatic heterocycles. The van der Waals surface area contributed by atoms with Gasteiger partial charge < -0.3 is 21.5 Å². The Morgan fingerprint density at radius 1 is 1.05 bits per heavy atom. The smallest absolute Gasteiger partial charge is 0.207 e. The number of nitrogens with zero attached hydrogens (tertiary/aromatic N) is 2. The van der Waals surface area contributed by atoms with Crippen molar-refractivity contribution in [1.82, 2.24) is 15.5 Å². The average Bonchev–Trinajstić information content (AvgIpc) is 3.26. The summed E-state index contributed by atoms with van der Waals surface area (Å²) in [5.74, 6) is -1.30. The van der Waals surface area contributed by atoms with Crippen LogP contribution in [0.15, 0.2) is 42.5 Å². The summed E-state index contributed by atoms with van der Waals surface area (Å²) in [5, 5.41) is 26.9. The third-order valence-corrected chi connectivity index (χ3v) is 7.91. The molecule has 5 N–H and O–H groups in total. The molecule has 2 aromatic carbocycles. The van der Waals surface area contributed by atoms with E-state index in [2.05, 4.69) is 65.9 Å². The molecule has 3 aromatic rings. The number of aliphatic hydroxyl groups is 1. The molecule has 0 aliphatic heterocycles. The SMILES string of the molecule is CC(C)(C)c1cccc(C2(NCC(O)C(Cc3cc(F)cc(F)c3)Nc3nnc(N)s3)CCCCC2)c1. The quantitative estimate of drug-likeness (QED) is 0.291. The lowest BCUT2D eigenvalue weighted by Crippen LogP contribution is -2.50. The summed E-state index contributed by atoms with van der Waals surface area (Å²) in [5.41, 5.74) is 8.47. The van der Waals surface area contributed by atoms with Gasteiger partial charge in [-0.25, -0.2) is 8.78 Å². The van der Waals surface area contributed by atoms with Gasteiger partial charge >= 0.3 is 0 Å². The lowest BCUT2D eigenvalue weighted by Gasteiger charge is -2.41. The number of aromatic nitrogens is 2. The highest BCUT2D eigenvalue weighted by Gasteiger charge is 2.35. The maximum Gasteiger partial charge on any atom is 0.207 e. The van der Waals surface area contributed by atoms with E-state index in [1.807, 2.05) is 0 Å². The second kappa shape index (κ2) is 11.4. The monoisotopic (exact) mass is 529 g/mol. The molecule has 0 bridgehead atoms. The molecule has 1 aliphatic carbocycles. The third-order valence-electron chi connectivity index (χ3n) is 7.23. The van der Waals surface area contributed by atoms with Crippen LogP contribution in [-0.2, 0) is 17.4 Å². The lowest BCUT2D eigenvalue weighted by molar-refractivity contribution is 0.122. The second-order valence-electron chi connectivity index (χ2n) is 11.1. The van der Waals surface area contributed by atoms with Gasteiger partial charge in [-0.2, -0.15) is 0 Å². The second-order valence-corrected chi connectivity index (χ2v) is 12.1. The number of hydrogen-bond donors (Lipinski definition) is 4. The van der Waals surface area contributed by atoms with Crippen LogP contribution in [0.1, 0.15) is 69.6 Å². The normalized spacial score (nSPS) is 17.4. The number of hydrogen-bond acceptors (Lipinski definition) is 7. The summed E-state index contributed by atoms with van der Waals surface area (Å²) in [6.45, 7) is 6.93. The Labute approximate surface area is 221 Å². The van der Waals surface area contributed by atoms with E-state index in [1.54, 1.807) is 0 Å². The Bertz CT molecular complexity index is 1170. The van der Waals surface area contributed by atoms with Crippen molar-refractivity contribution in [2.45, 2.75) is 82.4 Å². The van der Waals surface area contributed by atoms with Gasteiger partial charge in [0.2, 0.25) is 10.3 Å². The van der Waals surface area contributed by atoms with Gasteiger partial charge in [-0.1, -0.05) is 75.6 Å². The summed E-state index contributed by atoms with van der Waals surface area (Å²) in [6, 6.07) is 11.6. The molecule has 0 amide bonds. The van der Waals surface area contributed by atoms with Gasteiger partial charge in [0.25, 0.3) is 0 Å². The Hall–Kier alpha value is -2.62. The number of aliphatic hydroxyl groups excluding tert-OH is 1. The summed E-state index contributed by atoms with van der Waals surface area (Å²) >= 11 is 1.16. The molecule has 1 fully saturated rings. The summed E-state index contributed by atoms with van der Waals surface area (Å²) in [7, 11) is 0. The molecule has 0 radical (unpaired) electrons. The molecule has 6 nitrogen and oxygen atoms in total. The van der Waals surface area contributed by atoms with E-state index in [0.717, 1.165) is 43.1 Å². The molecule has 9 heteroatoms. The average molecular weight is 530 g/mol. The maximum atomic E-state index is 13.9. The third kappa shape index (κ3) is 7.03. The van der Waals surface area contributed by atoms with Crippen LogP contribution >= 0.6 is 11.3 Å². The van der Waals surface area contributed by atoms with Crippen LogP contribution in [-0.4, -0.2) is 34.0 Å². The van der Waals surface area contributed by atoms with Gasteiger partial charge in [-0.05, 0) is 53.5 Å². The minimum Gasteiger partial charge on any atom is -0.390 e. The highest BCUT2D eigenvalue weighted by Crippen LogP contribution is 2.38. The van der Waals surface area contributed by atoms with Gasteiger partial charge in [0.05, 0.1) is 12.1 Å². The van der Waals surface area contributed by atoms with Crippen molar-refractivity contribution in [2.75, 3.05) is 17.6 Å². The van der Waals surface area contributed by atoms with Crippen LogP contribution in [0.4, 0.5) is 19.0 Å². The minimum absolute atomic E-state index is 0.0320. The zero-order valence-corrected chi connectivity index (χ0v) is 22.5. The predicted molar refractivity (Wildman–Crippen MR) is 146 cm³/mol. The molecule has 0 spiro atoms. The molecule has 4 rings (SSSR count). The van der Waals surface area contributed by atoms with E-state index in [0.29, 0.717) is 22.4 Å². The zero-order valence-electron chi connectivity index (χ0n) is 21.7. The summed E-state index contributed by atoms with van der Waals surface area (Å²) in [6.07, 6.45) is 4.69. The van der Waals surface area contributed by atoms with Crippen molar-refractivity contribution >= 4 is 21.6 Å². The minimum atomic E-state index is -0.874. The first-order valence-corrected chi connectivity index (χ1v) is 13.7. The van der Waals surface area contributed by atoms with Crippen molar-refractivity contribution in [2.24, 2.45) is 0 Å². The summed E-state index contributed by atoms with van der Waals surface area (Å²) in [4.78, 5) is 0. The van der Waals surface area contributed by atoms with Crippen molar-refractivity contribution in [1.29, 1.82) is 0 Å². The Kier molecular flexibility index (Phi) is 8.46. The number of nitrogens with two attached hydrogens (primary N) is 1. The Morgan fingerprint density at radius 2 is 1.76 bits per heavy atom. The number of nitrogen functional groups attached to an aromatic ring is 1. The summed E-state index contributed by atoms with van der Waals surface area (Å²) < 4.78 is 27.8. The van der Waals surface area contributed by atoms with Gasteiger partial charge in [0, 0.05) is 18.2 Å². The number of rotatable bonds is 9. The van der Waals surface area contributed by atoms with Crippen LogP contribution in [0.25, 0.3) is 0 Å². The van der Waals surface area contributed by atoms with Crippen LogP contribution in [0.5, 0.6) is 0 Å². The molecule has 1 heterocycles. The van der Waals surface area contributed by atoms with E-state index in [9.17, 15) is 13.9 Å². The highest BCUT2D eigenvalue weighted by atomic mass is 32.1.